The largest absolute Gasteiger partial charge is 2.00 e. The molecule has 0 bridgehead atoms. The molecule has 12 heteroatoms. The van der Waals surface area contributed by atoms with Crippen LogP contribution in [0.2, 0.25) is 0 Å². The molecular formula is C26H40BaN6O3S2+4. The summed E-state index contributed by atoms with van der Waals surface area (Å²) in [5.41, 5.74) is 13.1. The van der Waals surface area contributed by atoms with Crippen molar-refractivity contribution < 1.29 is 35.5 Å². The van der Waals surface area contributed by atoms with E-state index < -0.39 is 0 Å². The predicted molar refractivity (Wildman–Crippen MR) is 157 cm³/mol. The van der Waals surface area contributed by atoms with E-state index in [9.17, 15) is 0 Å². The topological polar surface area (TPSA) is 136 Å². The maximum absolute atomic E-state index is 7.13. The molecule has 2 aromatic carbocycles. The standard InChI is InChI=1S/C24H36N4O3.2CNS.Ba/c25-23-7-3-1-5-21(23)19-27-9-13-29-14-10-28(12-16-31-18-17-30-15-11-27)20-22-6-2-4-8-24(22)26;2*2-1-3;/h1-8H,9-20,25-26H2;;;/q;2*-1;+2/p+4. The van der Waals surface area contributed by atoms with Gasteiger partial charge in [0.2, 0.25) is 0 Å². The number of hydrogen-bond donors (Lipinski definition) is 4. The molecule has 0 aliphatic carbocycles. The SMILES string of the molecule is [Ba+2].[N-]=C=S.[N-]=C=S.[NH3+]c1ccccc1C[NH+]1CCOCCOCC[NH+](Cc2ccccc2[NH3+])CCOCC1. The van der Waals surface area contributed by atoms with Gasteiger partial charge in [0.1, 0.15) is 50.6 Å². The summed E-state index contributed by atoms with van der Waals surface area (Å²) in [7, 11) is 0. The van der Waals surface area contributed by atoms with Crippen LogP contribution in [-0.2, 0) is 27.3 Å². The minimum atomic E-state index is 0. The van der Waals surface area contributed by atoms with Gasteiger partial charge in [-0.2, -0.15) is 10.3 Å². The number of nitrogens with one attached hydrogen (secondary N) is 2. The van der Waals surface area contributed by atoms with Crippen molar-refractivity contribution in [2.45, 2.75) is 13.1 Å². The Hall–Kier alpha value is -0.669. The van der Waals surface area contributed by atoms with E-state index in [1.165, 1.54) is 31.2 Å². The Bertz CT molecular complexity index is 885. The molecule has 0 spiro atoms. The van der Waals surface area contributed by atoms with E-state index in [0.717, 1.165) is 77.1 Å². The number of benzene rings is 2. The summed E-state index contributed by atoms with van der Waals surface area (Å²) in [5.74, 6) is 0. The molecule has 0 aromatic heterocycles. The van der Waals surface area contributed by atoms with Gasteiger partial charge < -0.3 is 46.3 Å². The second-order valence-corrected chi connectivity index (χ2v) is 8.78. The van der Waals surface area contributed by atoms with Gasteiger partial charge >= 0.3 is 48.9 Å². The molecular weight excluding hydrogens is 646 g/mol. The van der Waals surface area contributed by atoms with Gasteiger partial charge in [-0.15, -0.1) is 0 Å². The summed E-state index contributed by atoms with van der Waals surface area (Å²) in [5, 5.41) is 16.9. The second-order valence-electron chi connectivity index (χ2n) is 8.41. The first-order valence-corrected chi connectivity index (χ1v) is 13.1. The van der Waals surface area contributed by atoms with E-state index >= 15 is 0 Å². The van der Waals surface area contributed by atoms with E-state index in [1.807, 2.05) is 12.1 Å². The molecule has 2 unspecified atom stereocenters. The van der Waals surface area contributed by atoms with Crippen LogP contribution in [0.15, 0.2) is 48.5 Å². The zero-order valence-corrected chi connectivity index (χ0v) is 28.2. The van der Waals surface area contributed by atoms with Crippen molar-refractivity contribution in [1.29, 1.82) is 0 Å². The summed E-state index contributed by atoms with van der Waals surface area (Å²) >= 11 is 7.40. The van der Waals surface area contributed by atoms with Crippen LogP contribution < -0.4 is 21.3 Å². The number of isothiocyanates is 2. The summed E-state index contributed by atoms with van der Waals surface area (Å²) < 4.78 is 17.7. The number of nitrogens with zero attached hydrogens (tertiary/aromatic N) is 2. The van der Waals surface area contributed by atoms with Gasteiger partial charge in [0.15, 0.2) is 0 Å². The zero-order chi connectivity index (χ0) is 27.1. The average molecular weight is 686 g/mol. The van der Waals surface area contributed by atoms with Crippen LogP contribution in [0.3, 0.4) is 0 Å². The average Bonchev–Trinajstić information content (AvgIpc) is 2.89. The van der Waals surface area contributed by atoms with Gasteiger partial charge in [0.05, 0.1) is 50.8 Å². The van der Waals surface area contributed by atoms with Crippen molar-refractivity contribution in [3.8, 4) is 0 Å². The van der Waals surface area contributed by atoms with Crippen LogP contribution in [0.4, 0.5) is 11.4 Å². The van der Waals surface area contributed by atoms with Crippen LogP contribution in [0.5, 0.6) is 0 Å². The molecule has 38 heavy (non-hydrogen) atoms. The normalized spacial score (nSPS) is 18.7. The molecule has 0 radical (unpaired) electrons. The second kappa shape index (κ2) is 25.3. The molecule has 1 fully saturated rings. The van der Waals surface area contributed by atoms with Crippen molar-refractivity contribution in [2.75, 3.05) is 65.8 Å². The molecule has 1 heterocycles. The van der Waals surface area contributed by atoms with Gasteiger partial charge in [-0.3, -0.25) is 0 Å². The van der Waals surface area contributed by atoms with Gasteiger partial charge in [-0.25, -0.2) is 0 Å². The van der Waals surface area contributed by atoms with Crippen LogP contribution in [-0.4, -0.2) is 125 Å². The maximum atomic E-state index is 7.13. The molecule has 8 N–H and O–H groups in total. The third kappa shape index (κ3) is 17.8. The van der Waals surface area contributed by atoms with Crippen molar-refractivity contribution in [1.82, 2.24) is 0 Å². The predicted octanol–water partition coefficient (Wildman–Crippen LogP) is -1.10. The van der Waals surface area contributed by atoms with E-state index in [-0.39, 0.29) is 48.9 Å². The van der Waals surface area contributed by atoms with Gasteiger partial charge in [0.25, 0.3) is 0 Å². The van der Waals surface area contributed by atoms with Crippen LogP contribution in [0.1, 0.15) is 11.1 Å². The number of thiocarbonyl (C=S) groups is 2. The first-order chi connectivity index (χ1) is 18.0. The van der Waals surface area contributed by atoms with Crippen molar-refractivity contribution in [3.05, 3.63) is 70.5 Å². The molecule has 1 saturated heterocycles. The summed E-state index contributed by atoms with van der Waals surface area (Å²) in [6.45, 7) is 9.99. The molecule has 2 atom stereocenters. The van der Waals surface area contributed by atoms with Gasteiger partial charge in [-0.05, 0) is 24.3 Å². The maximum Gasteiger partial charge on any atom is 2.00 e. The minimum Gasteiger partial charge on any atom is -0.753 e. The third-order valence-electron chi connectivity index (χ3n) is 5.89. The number of rotatable bonds is 4. The van der Waals surface area contributed by atoms with Crippen molar-refractivity contribution >= 4 is 95.0 Å². The Morgan fingerprint density at radius 1 is 0.632 bits per heavy atom. The monoisotopic (exact) mass is 686 g/mol. The molecule has 0 saturated carbocycles. The molecule has 0 amide bonds. The third-order valence-corrected chi connectivity index (χ3v) is 5.89. The van der Waals surface area contributed by atoms with Gasteiger partial charge in [-0.1, -0.05) is 48.7 Å². The Balaban J connectivity index is 0.00000179. The molecule has 1 aliphatic heterocycles. The van der Waals surface area contributed by atoms with E-state index in [0.29, 0.717) is 13.2 Å². The fourth-order valence-corrected chi connectivity index (χ4v) is 3.89. The van der Waals surface area contributed by atoms with E-state index in [1.54, 1.807) is 0 Å². The van der Waals surface area contributed by atoms with Crippen molar-refractivity contribution in [2.24, 2.45) is 0 Å². The first kappa shape index (κ1) is 37.3. The van der Waals surface area contributed by atoms with Crippen molar-refractivity contribution in [3.63, 3.8) is 0 Å². The number of ether oxygens (including phenoxy) is 3. The Morgan fingerprint density at radius 2 is 0.921 bits per heavy atom. The van der Waals surface area contributed by atoms with Crippen LogP contribution >= 0.6 is 24.4 Å². The van der Waals surface area contributed by atoms with E-state index in [2.05, 4.69) is 72.3 Å². The molecule has 3 rings (SSSR count). The fourth-order valence-electron chi connectivity index (χ4n) is 3.89. The van der Waals surface area contributed by atoms with Gasteiger partial charge in [0, 0.05) is 0 Å². The summed E-state index contributed by atoms with van der Waals surface area (Å²) in [6, 6.07) is 16.7. The molecule has 9 nitrogen and oxygen atoms in total. The van der Waals surface area contributed by atoms with E-state index in [4.69, 9.17) is 25.0 Å². The first-order valence-electron chi connectivity index (χ1n) is 12.3. The Labute approximate surface area is 277 Å². The quantitative estimate of drug-likeness (QED) is 0.184. The summed E-state index contributed by atoms with van der Waals surface area (Å²) in [6.07, 6.45) is 0. The van der Waals surface area contributed by atoms with Crippen LogP contribution in [0.25, 0.3) is 10.8 Å². The smallest absolute Gasteiger partial charge is 0.753 e. The molecule has 202 valence electrons. The summed E-state index contributed by atoms with van der Waals surface area (Å²) in [4.78, 5) is 2.92. The zero-order valence-electron chi connectivity index (χ0n) is 22.2. The molecule has 2 aromatic rings. The number of hydrogen-bond acceptors (Lipinski definition) is 5. The minimum absolute atomic E-state index is 0. The Kier molecular flexibility index (Phi) is 24.9. The fraction of sp³-hybridized carbons (Fsp3) is 0.462. The number of quaternary nitrogens is 4. The Morgan fingerprint density at radius 3 is 1.24 bits per heavy atom. The van der Waals surface area contributed by atoms with Crippen LogP contribution in [0, 0.1) is 0 Å². The molecule has 1 aliphatic rings.